The number of hydrogen-bond acceptors (Lipinski definition) is 3. The zero-order valence-corrected chi connectivity index (χ0v) is 10.5. The van der Waals surface area contributed by atoms with Crippen molar-refractivity contribution in [2.24, 2.45) is 11.7 Å². The van der Waals surface area contributed by atoms with E-state index in [4.69, 9.17) is 10.5 Å². The number of rotatable bonds is 3. The largest absolute Gasteiger partial charge is 0.381 e. The molecule has 2 rings (SSSR count). The Hall–Kier alpha value is -0.120. The zero-order chi connectivity index (χ0) is 11.4. The molecule has 3 heteroatoms. The van der Waals surface area contributed by atoms with Crippen LogP contribution in [-0.2, 0) is 4.74 Å². The van der Waals surface area contributed by atoms with E-state index in [2.05, 4.69) is 4.90 Å². The Morgan fingerprint density at radius 2 is 1.94 bits per heavy atom. The van der Waals surface area contributed by atoms with Crippen LogP contribution in [0.2, 0.25) is 0 Å². The van der Waals surface area contributed by atoms with Crippen molar-refractivity contribution in [2.75, 3.05) is 26.7 Å². The van der Waals surface area contributed by atoms with Gasteiger partial charge in [0.05, 0.1) is 6.10 Å². The van der Waals surface area contributed by atoms with Gasteiger partial charge in [-0.05, 0) is 64.1 Å². The summed E-state index contributed by atoms with van der Waals surface area (Å²) in [6, 6.07) is 0.775. The smallest absolute Gasteiger partial charge is 0.0586 e. The summed E-state index contributed by atoms with van der Waals surface area (Å²) in [7, 11) is 1.85. The van der Waals surface area contributed by atoms with Crippen molar-refractivity contribution in [1.29, 1.82) is 0 Å². The predicted molar refractivity (Wildman–Crippen MR) is 66.4 cm³/mol. The second-order valence-corrected chi connectivity index (χ2v) is 5.39. The van der Waals surface area contributed by atoms with Crippen molar-refractivity contribution in [2.45, 2.75) is 50.7 Å². The van der Waals surface area contributed by atoms with Gasteiger partial charge in [0.1, 0.15) is 0 Å². The SMILES string of the molecule is COC1CCCC(N2CCC(CN)CC2)C1. The van der Waals surface area contributed by atoms with Crippen LogP contribution in [-0.4, -0.2) is 43.8 Å². The highest BCUT2D eigenvalue weighted by Crippen LogP contribution is 2.28. The van der Waals surface area contributed by atoms with Gasteiger partial charge in [-0.25, -0.2) is 0 Å². The van der Waals surface area contributed by atoms with Gasteiger partial charge in [-0.1, -0.05) is 0 Å². The second-order valence-electron chi connectivity index (χ2n) is 5.39. The van der Waals surface area contributed by atoms with Crippen LogP contribution in [0.1, 0.15) is 38.5 Å². The van der Waals surface area contributed by atoms with Crippen LogP contribution in [0.4, 0.5) is 0 Å². The van der Waals surface area contributed by atoms with Crippen LogP contribution in [0.3, 0.4) is 0 Å². The molecule has 0 aromatic carbocycles. The van der Waals surface area contributed by atoms with Gasteiger partial charge < -0.3 is 15.4 Å². The van der Waals surface area contributed by atoms with E-state index in [0.29, 0.717) is 6.10 Å². The van der Waals surface area contributed by atoms with Crippen LogP contribution >= 0.6 is 0 Å². The lowest BCUT2D eigenvalue weighted by atomic mass is 9.88. The second kappa shape index (κ2) is 5.99. The molecule has 2 N–H and O–H groups in total. The zero-order valence-electron chi connectivity index (χ0n) is 10.5. The first-order valence-electron chi connectivity index (χ1n) is 6.80. The molecular formula is C13H26N2O. The average Bonchev–Trinajstić information content (AvgIpc) is 2.39. The summed E-state index contributed by atoms with van der Waals surface area (Å²) >= 11 is 0. The lowest BCUT2D eigenvalue weighted by Crippen LogP contribution is -2.45. The molecule has 1 heterocycles. The lowest BCUT2D eigenvalue weighted by molar-refractivity contribution is 0.0181. The molecule has 2 aliphatic rings. The minimum absolute atomic E-state index is 0.506. The quantitative estimate of drug-likeness (QED) is 0.794. The maximum Gasteiger partial charge on any atom is 0.0586 e. The fourth-order valence-electron chi connectivity index (χ4n) is 3.22. The Labute approximate surface area is 99.3 Å². The van der Waals surface area contributed by atoms with E-state index in [1.54, 1.807) is 0 Å². The topological polar surface area (TPSA) is 38.5 Å². The van der Waals surface area contributed by atoms with E-state index in [-0.39, 0.29) is 0 Å². The number of nitrogens with zero attached hydrogens (tertiary/aromatic N) is 1. The van der Waals surface area contributed by atoms with E-state index in [1.165, 1.54) is 51.6 Å². The third kappa shape index (κ3) is 2.96. The van der Waals surface area contributed by atoms with Gasteiger partial charge in [-0.3, -0.25) is 0 Å². The lowest BCUT2D eigenvalue weighted by Gasteiger charge is -2.40. The summed E-state index contributed by atoms with van der Waals surface area (Å²) in [5, 5.41) is 0. The maximum absolute atomic E-state index is 5.73. The van der Waals surface area contributed by atoms with Crippen molar-refractivity contribution < 1.29 is 4.74 Å². The number of likely N-dealkylation sites (tertiary alicyclic amines) is 1. The van der Waals surface area contributed by atoms with Crippen molar-refractivity contribution in [1.82, 2.24) is 4.90 Å². The minimum atomic E-state index is 0.506. The first kappa shape index (κ1) is 12.3. The molecule has 1 aliphatic heterocycles. The summed E-state index contributed by atoms with van der Waals surface area (Å²) in [6.07, 6.45) is 8.30. The number of nitrogens with two attached hydrogens (primary N) is 1. The van der Waals surface area contributed by atoms with Crippen LogP contribution in [0.15, 0.2) is 0 Å². The molecule has 3 nitrogen and oxygen atoms in total. The van der Waals surface area contributed by atoms with E-state index in [0.717, 1.165) is 18.5 Å². The Morgan fingerprint density at radius 1 is 1.19 bits per heavy atom. The summed E-state index contributed by atoms with van der Waals surface area (Å²) in [5.41, 5.74) is 5.73. The molecule has 0 bridgehead atoms. The van der Waals surface area contributed by atoms with Gasteiger partial charge in [0.25, 0.3) is 0 Å². The standard InChI is InChI=1S/C13H26N2O/c1-16-13-4-2-3-12(9-13)15-7-5-11(10-14)6-8-15/h11-13H,2-10,14H2,1H3. The predicted octanol–water partition coefficient (Wildman–Crippen LogP) is 1.61. The summed E-state index contributed by atoms with van der Waals surface area (Å²) in [5.74, 6) is 0.776. The Kier molecular flexibility index (Phi) is 4.62. The highest BCUT2D eigenvalue weighted by atomic mass is 16.5. The van der Waals surface area contributed by atoms with E-state index >= 15 is 0 Å². The molecule has 1 saturated heterocycles. The van der Waals surface area contributed by atoms with Gasteiger partial charge in [-0.2, -0.15) is 0 Å². The van der Waals surface area contributed by atoms with Crippen LogP contribution in [0, 0.1) is 5.92 Å². The molecule has 2 unspecified atom stereocenters. The molecule has 16 heavy (non-hydrogen) atoms. The van der Waals surface area contributed by atoms with Gasteiger partial charge in [0, 0.05) is 13.2 Å². The maximum atomic E-state index is 5.73. The molecule has 0 spiro atoms. The van der Waals surface area contributed by atoms with Crippen molar-refractivity contribution in [3.63, 3.8) is 0 Å². The Morgan fingerprint density at radius 3 is 2.56 bits per heavy atom. The van der Waals surface area contributed by atoms with Gasteiger partial charge in [0.15, 0.2) is 0 Å². The number of hydrogen-bond donors (Lipinski definition) is 1. The number of methoxy groups -OCH3 is 1. The molecule has 2 atom stereocenters. The normalized spacial score (nSPS) is 34.1. The van der Waals surface area contributed by atoms with Crippen molar-refractivity contribution in [3.8, 4) is 0 Å². The molecule has 1 saturated carbocycles. The van der Waals surface area contributed by atoms with Gasteiger partial charge >= 0.3 is 0 Å². The van der Waals surface area contributed by atoms with E-state index in [9.17, 15) is 0 Å². The average molecular weight is 226 g/mol. The summed E-state index contributed by atoms with van der Waals surface area (Å²) in [6.45, 7) is 3.38. The molecule has 1 aliphatic carbocycles. The fraction of sp³-hybridized carbons (Fsp3) is 1.00. The molecule has 0 amide bonds. The molecule has 2 fully saturated rings. The Bertz CT molecular complexity index is 202. The molecular weight excluding hydrogens is 200 g/mol. The summed E-state index contributed by atoms with van der Waals surface area (Å²) < 4.78 is 5.51. The first-order chi connectivity index (χ1) is 7.83. The summed E-state index contributed by atoms with van der Waals surface area (Å²) in [4.78, 5) is 2.68. The van der Waals surface area contributed by atoms with Crippen LogP contribution in [0.25, 0.3) is 0 Å². The van der Waals surface area contributed by atoms with Crippen LogP contribution in [0.5, 0.6) is 0 Å². The van der Waals surface area contributed by atoms with Crippen LogP contribution < -0.4 is 5.73 Å². The third-order valence-corrected chi connectivity index (χ3v) is 4.43. The molecule has 94 valence electrons. The van der Waals surface area contributed by atoms with Crippen molar-refractivity contribution in [3.05, 3.63) is 0 Å². The molecule has 0 aromatic heterocycles. The minimum Gasteiger partial charge on any atom is -0.381 e. The number of ether oxygens (including phenoxy) is 1. The third-order valence-electron chi connectivity index (χ3n) is 4.43. The molecule has 0 radical (unpaired) electrons. The highest BCUT2D eigenvalue weighted by Gasteiger charge is 2.29. The monoisotopic (exact) mass is 226 g/mol. The van der Waals surface area contributed by atoms with Gasteiger partial charge in [0.2, 0.25) is 0 Å². The van der Waals surface area contributed by atoms with E-state index in [1.807, 2.05) is 7.11 Å². The highest BCUT2D eigenvalue weighted by molar-refractivity contribution is 4.84. The Balaban J connectivity index is 1.79. The van der Waals surface area contributed by atoms with Gasteiger partial charge in [-0.15, -0.1) is 0 Å². The van der Waals surface area contributed by atoms with Crippen molar-refractivity contribution >= 4 is 0 Å². The molecule has 0 aromatic rings. The van der Waals surface area contributed by atoms with E-state index < -0.39 is 0 Å². The number of piperidine rings is 1. The fourth-order valence-corrected chi connectivity index (χ4v) is 3.22. The first-order valence-corrected chi connectivity index (χ1v) is 6.80.